The maximum absolute atomic E-state index is 4.84. The van der Waals surface area contributed by atoms with Gasteiger partial charge in [-0.25, -0.2) is 15.0 Å². The normalized spacial score (nSPS) is 16.4. The zero-order chi connectivity index (χ0) is 18.6. The van der Waals surface area contributed by atoms with Gasteiger partial charge in [-0.1, -0.05) is 30.3 Å². The summed E-state index contributed by atoms with van der Waals surface area (Å²) in [5.41, 5.74) is 2.08. The van der Waals surface area contributed by atoms with E-state index < -0.39 is 0 Å². The highest BCUT2D eigenvalue weighted by Crippen LogP contribution is 2.24. The molecule has 4 rings (SSSR count). The fraction of sp³-hybridized carbons (Fsp3) is 0.381. The van der Waals surface area contributed by atoms with E-state index in [1.165, 1.54) is 0 Å². The molecule has 1 N–H and O–H groups in total. The van der Waals surface area contributed by atoms with E-state index in [0.29, 0.717) is 12.1 Å². The molecular formula is C21H25N5S. The Bertz CT molecular complexity index is 858. The van der Waals surface area contributed by atoms with Crippen LogP contribution in [0.15, 0.2) is 48.0 Å². The molecule has 1 atom stereocenters. The molecule has 1 fully saturated rings. The third-order valence-electron chi connectivity index (χ3n) is 5.00. The van der Waals surface area contributed by atoms with E-state index in [4.69, 9.17) is 4.98 Å². The fourth-order valence-electron chi connectivity index (χ4n) is 3.58. The molecule has 0 bridgehead atoms. The van der Waals surface area contributed by atoms with Crippen LogP contribution in [0.5, 0.6) is 0 Å². The van der Waals surface area contributed by atoms with Crippen molar-refractivity contribution in [3.8, 4) is 11.4 Å². The van der Waals surface area contributed by atoms with E-state index in [9.17, 15) is 0 Å². The van der Waals surface area contributed by atoms with Gasteiger partial charge in [0, 0.05) is 48.0 Å². The van der Waals surface area contributed by atoms with Gasteiger partial charge in [0.05, 0.1) is 6.04 Å². The number of rotatable bonds is 5. The van der Waals surface area contributed by atoms with Crippen molar-refractivity contribution in [2.75, 3.05) is 18.0 Å². The molecule has 0 spiro atoms. The predicted molar refractivity (Wildman–Crippen MR) is 111 cm³/mol. The number of nitrogens with zero attached hydrogens (tertiary/aromatic N) is 4. The largest absolute Gasteiger partial charge is 0.356 e. The molecule has 0 aliphatic carbocycles. The van der Waals surface area contributed by atoms with Gasteiger partial charge in [0.25, 0.3) is 0 Å². The molecule has 3 aromatic rings. The van der Waals surface area contributed by atoms with E-state index in [1.807, 2.05) is 36.7 Å². The number of hydrogen-bond acceptors (Lipinski definition) is 6. The van der Waals surface area contributed by atoms with Gasteiger partial charge < -0.3 is 10.2 Å². The molecule has 0 radical (unpaired) electrons. The van der Waals surface area contributed by atoms with Gasteiger partial charge in [-0.3, -0.25) is 0 Å². The SMILES string of the molecule is Cc1cc(N2CCC(N[C@H](C)c3nccs3)CC2)nc(-c2ccccc2)n1. The minimum absolute atomic E-state index is 0.313. The topological polar surface area (TPSA) is 53.9 Å². The Morgan fingerprint density at radius 2 is 1.93 bits per heavy atom. The second-order valence-corrected chi connectivity index (χ2v) is 8.00. The Balaban J connectivity index is 1.41. The molecule has 0 amide bonds. The summed E-state index contributed by atoms with van der Waals surface area (Å²) < 4.78 is 0. The molecule has 3 heterocycles. The summed E-state index contributed by atoms with van der Waals surface area (Å²) in [7, 11) is 0. The van der Waals surface area contributed by atoms with Gasteiger partial charge in [0.2, 0.25) is 0 Å². The number of hydrogen-bond donors (Lipinski definition) is 1. The number of thiazole rings is 1. The van der Waals surface area contributed by atoms with Crippen molar-refractivity contribution in [1.29, 1.82) is 0 Å². The number of nitrogens with one attached hydrogen (secondary N) is 1. The van der Waals surface area contributed by atoms with Crippen LogP contribution in [0.3, 0.4) is 0 Å². The molecule has 0 saturated carbocycles. The lowest BCUT2D eigenvalue weighted by Crippen LogP contribution is -2.43. The first-order valence-electron chi connectivity index (χ1n) is 9.50. The van der Waals surface area contributed by atoms with Crippen LogP contribution in [0.4, 0.5) is 5.82 Å². The number of anilines is 1. The molecule has 1 aromatic carbocycles. The van der Waals surface area contributed by atoms with Gasteiger partial charge in [-0.05, 0) is 26.7 Å². The highest BCUT2D eigenvalue weighted by atomic mass is 32.1. The summed E-state index contributed by atoms with van der Waals surface area (Å²) in [5.74, 6) is 1.84. The third-order valence-corrected chi connectivity index (χ3v) is 5.96. The minimum atomic E-state index is 0.313. The Kier molecular flexibility index (Phi) is 5.45. The van der Waals surface area contributed by atoms with Gasteiger partial charge in [0.15, 0.2) is 5.82 Å². The first-order chi connectivity index (χ1) is 13.2. The van der Waals surface area contributed by atoms with Gasteiger partial charge in [0.1, 0.15) is 10.8 Å². The minimum Gasteiger partial charge on any atom is -0.356 e. The Labute approximate surface area is 164 Å². The van der Waals surface area contributed by atoms with Crippen LogP contribution in [0, 0.1) is 6.92 Å². The summed E-state index contributed by atoms with van der Waals surface area (Å²) in [5, 5.41) is 6.93. The standard InChI is InChI=1S/C21H25N5S/c1-15-14-19(25-20(23-15)17-6-4-3-5-7-17)26-11-8-18(9-12-26)24-16(2)21-22-10-13-27-21/h3-7,10,13-14,16,18,24H,8-9,11-12H2,1-2H3/t16-/m1/s1. The van der Waals surface area contributed by atoms with E-state index in [1.54, 1.807) is 11.3 Å². The summed E-state index contributed by atoms with van der Waals surface area (Å²) >= 11 is 1.72. The monoisotopic (exact) mass is 379 g/mol. The van der Waals surface area contributed by atoms with E-state index in [-0.39, 0.29) is 0 Å². The zero-order valence-corrected chi connectivity index (χ0v) is 16.6. The van der Waals surface area contributed by atoms with Crippen LogP contribution in [0.25, 0.3) is 11.4 Å². The fourth-order valence-corrected chi connectivity index (χ4v) is 4.23. The highest BCUT2D eigenvalue weighted by molar-refractivity contribution is 7.09. The second kappa shape index (κ2) is 8.15. The zero-order valence-electron chi connectivity index (χ0n) is 15.8. The number of piperidine rings is 1. The Morgan fingerprint density at radius 1 is 1.15 bits per heavy atom. The molecule has 1 saturated heterocycles. The van der Waals surface area contributed by atoms with Crippen LogP contribution in [-0.2, 0) is 0 Å². The predicted octanol–water partition coefficient (Wildman–Crippen LogP) is 4.23. The maximum atomic E-state index is 4.84. The number of benzene rings is 1. The lowest BCUT2D eigenvalue weighted by Gasteiger charge is -2.34. The first-order valence-corrected chi connectivity index (χ1v) is 10.4. The molecule has 1 aliphatic rings. The average molecular weight is 380 g/mol. The van der Waals surface area contributed by atoms with Crippen molar-refractivity contribution >= 4 is 17.2 Å². The lowest BCUT2D eigenvalue weighted by atomic mass is 10.0. The average Bonchev–Trinajstić information content (AvgIpc) is 3.24. The quantitative estimate of drug-likeness (QED) is 0.719. The number of aromatic nitrogens is 3. The van der Waals surface area contributed by atoms with Crippen LogP contribution < -0.4 is 10.2 Å². The van der Waals surface area contributed by atoms with Gasteiger partial charge >= 0.3 is 0 Å². The summed E-state index contributed by atoms with van der Waals surface area (Å²) in [6, 6.07) is 13.1. The van der Waals surface area contributed by atoms with Gasteiger partial charge in [-0.2, -0.15) is 0 Å². The van der Waals surface area contributed by atoms with Gasteiger partial charge in [-0.15, -0.1) is 11.3 Å². The highest BCUT2D eigenvalue weighted by Gasteiger charge is 2.23. The molecule has 140 valence electrons. The second-order valence-electron chi connectivity index (χ2n) is 7.08. The summed E-state index contributed by atoms with van der Waals surface area (Å²) in [6.07, 6.45) is 4.10. The van der Waals surface area contributed by atoms with Crippen molar-refractivity contribution in [3.05, 3.63) is 58.7 Å². The van der Waals surface area contributed by atoms with Crippen molar-refractivity contribution in [3.63, 3.8) is 0 Å². The molecule has 5 nitrogen and oxygen atoms in total. The molecule has 2 aromatic heterocycles. The van der Waals surface area contributed by atoms with Crippen LogP contribution in [0.1, 0.15) is 36.5 Å². The molecular weight excluding hydrogens is 354 g/mol. The van der Waals surface area contributed by atoms with Crippen LogP contribution in [-0.4, -0.2) is 34.1 Å². The van der Waals surface area contributed by atoms with Crippen LogP contribution >= 0.6 is 11.3 Å². The van der Waals surface area contributed by atoms with Crippen molar-refractivity contribution in [1.82, 2.24) is 20.3 Å². The Hall–Kier alpha value is -2.31. The number of aryl methyl sites for hydroxylation is 1. The Morgan fingerprint density at radius 3 is 2.63 bits per heavy atom. The van der Waals surface area contributed by atoms with E-state index in [2.05, 4.69) is 45.3 Å². The molecule has 0 unspecified atom stereocenters. The first kappa shape index (κ1) is 18.1. The van der Waals surface area contributed by atoms with Crippen molar-refractivity contribution in [2.45, 2.75) is 38.8 Å². The lowest BCUT2D eigenvalue weighted by molar-refractivity contribution is 0.379. The van der Waals surface area contributed by atoms with Crippen LogP contribution in [0.2, 0.25) is 0 Å². The third kappa shape index (κ3) is 4.34. The molecule has 1 aliphatic heterocycles. The van der Waals surface area contributed by atoms with E-state index in [0.717, 1.165) is 53.8 Å². The van der Waals surface area contributed by atoms with E-state index >= 15 is 0 Å². The maximum Gasteiger partial charge on any atom is 0.161 e. The molecule has 27 heavy (non-hydrogen) atoms. The summed E-state index contributed by atoms with van der Waals surface area (Å²) in [4.78, 5) is 16.3. The van der Waals surface area contributed by atoms with Crippen molar-refractivity contribution < 1.29 is 0 Å². The van der Waals surface area contributed by atoms with Crippen molar-refractivity contribution in [2.24, 2.45) is 0 Å². The smallest absolute Gasteiger partial charge is 0.161 e. The summed E-state index contributed by atoms with van der Waals surface area (Å²) in [6.45, 7) is 6.26. The molecule has 6 heteroatoms.